The molecule has 2 aliphatic rings. The second kappa shape index (κ2) is 8.21. The fourth-order valence-electron chi connectivity index (χ4n) is 4.49. The van der Waals surface area contributed by atoms with Crippen molar-refractivity contribution in [3.63, 3.8) is 0 Å². The zero-order valence-corrected chi connectivity index (χ0v) is 16.1. The molecule has 0 aromatic carbocycles. The molecule has 0 aliphatic carbocycles. The summed E-state index contributed by atoms with van der Waals surface area (Å²) in [6.45, 7) is 4.53. The molecule has 4 rings (SSSR count). The van der Waals surface area contributed by atoms with Gasteiger partial charge in [-0.3, -0.25) is 9.78 Å². The van der Waals surface area contributed by atoms with Crippen molar-refractivity contribution in [2.75, 3.05) is 33.2 Å². The molecule has 2 aromatic rings. The molecule has 0 spiro atoms. The highest BCUT2D eigenvalue weighted by molar-refractivity contribution is 5.79. The molecule has 1 unspecified atom stereocenters. The van der Waals surface area contributed by atoms with Crippen molar-refractivity contribution in [2.45, 2.75) is 38.1 Å². The summed E-state index contributed by atoms with van der Waals surface area (Å²) in [6.07, 6.45) is 11.8. The molecule has 0 radical (unpaired) electrons. The molecule has 2 fully saturated rings. The van der Waals surface area contributed by atoms with E-state index in [1.54, 1.807) is 6.20 Å². The van der Waals surface area contributed by atoms with E-state index < -0.39 is 0 Å². The molecule has 2 saturated heterocycles. The minimum absolute atomic E-state index is 0.188. The standard InChI is InChI=1S/C21H29N5O/c1-24-10-3-5-19(16-24)21(27)25-11-6-18(7-12-25)20-23-9-13-26(20)15-17-4-2-8-22-14-17/h2,4,8-9,13-14,18-19H,3,5-7,10-12,15-16H2,1H3. The van der Waals surface area contributed by atoms with E-state index in [9.17, 15) is 4.79 Å². The van der Waals surface area contributed by atoms with Gasteiger partial charge < -0.3 is 14.4 Å². The van der Waals surface area contributed by atoms with Crippen LogP contribution in [0.4, 0.5) is 0 Å². The van der Waals surface area contributed by atoms with Gasteiger partial charge in [-0.1, -0.05) is 6.07 Å². The van der Waals surface area contributed by atoms with E-state index >= 15 is 0 Å². The number of carbonyl (C=O) groups is 1. The summed E-state index contributed by atoms with van der Waals surface area (Å²) in [4.78, 5) is 26.1. The monoisotopic (exact) mass is 367 g/mol. The topological polar surface area (TPSA) is 54.3 Å². The summed E-state index contributed by atoms with van der Waals surface area (Å²) < 4.78 is 2.23. The van der Waals surface area contributed by atoms with Crippen molar-refractivity contribution in [3.8, 4) is 0 Å². The maximum absolute atomic E-state index is 12.9. The van der Waals surface area contributed by atoms with Crippen LogP contribution in [-0.4, -0.2) is 63.5 Å². The van der Waals surface area contributed by atoms with Crippen molar-refractivity contribution >= 4 is 5.91 Å². The summed E-state index contributed by atoms with van der Waals surface area (Å²) in [6, 6.07) is 4.07. The van der Waals surface area contributed by atoms with Crippen molar-refractivity contribution in [1.29, 1.82) is 0 Å². The lowest BCUT2D eigenvalue weighted by atomic mass is 9.92. The summed E-state index contributed by atoms with van der Waals surface area (Å²) in [7, 11) is 2.12. The van der Waals surface area contributed by atoms with Gasteiger partial charge in [0.2, 0.25) is 5.91 Å². The molecule has 6 nitrogen and oxygen atoms in total. The van der Waals surface area contributed by atoms with Crippen LogP contribution < -0.4 is 0 Å². The second-order valence-corrected chi connectivity index (χ2v) is 7.98. The molecular weight excluding hydrogens is 338 g/mol. The number of piperidine rings is 2. The Morgan fingerprint density at radius 1 is 1.19 bits per heavy atom. The molecule has 2 aliphatic heterocycles. The SMILES string of the molecule is CN1CCCC(C(=O)N2CCC(c3nccn3Cc3cccnc3)CC2)C1. The van der Waals surface area contributed by atoms with Crippen molar-refractivity contribution < 1.29 is 4.79 Å². The van der Waals surface area contributed by atoms with Gasteiger partial charge in [-0.15, -0.1) is 0 Å². The highest BCUT2D eigenvalue weighted by Gasteiger charge is 2.31. The van der Waals surface area contributed by atoms with Gasteiger partial charge in [0, 0.05) is 50.3 Å². The first kappa shape index (κ1) is 18.2. The summed E-state index contributed by atoms with van der Waals surface area (Å²) in [5, 5.41) is 0. The predicted molar refractivity (Wildman–Crippen MR) is 104 cm³/mol. The Kier molecular flexibility index (Phi) is 5.53. The number of amides is 1. The van der Waals surface area contributed by atoms with Gasteiger partial charge in [-0.25, -0.2) is 4.98 Å². The quantitative estimate of drug-likeness (QED) is 0.833. The Morgan fingerprint density at radius 3 is 2.78 bits per heavy atom. The number of likely N-dealkylation sites (tertiary alicyclic amines) is 2. The number of aromatic nitrogens is 3. The number of hydrogen-bond donors (Lipinski definition) is 0. The first-order valence-electron chi connectivity index (χ1n) is 10.1. The van der Waals surface area contributed by atoms with Crippen LogP contribution in [0.5, 0.6) is 0 Å². The number of rotatable bonds is 4. The molecule has 1 atom stereocenters. The second-order valence-electron chi connectivity index (χ2n) is 7.98. The van der Waals surface area contributed by atoms with Gasteiger partial charge in [0.15, 0.2) is 0 Å². The fourth-order valence-corrected chi connectivity index (χ4v) is 4.49. The van der Waals surface area contributed by atoms with Gasteiger partial charge in [-0.05, 0) is 50.9 Å². The lowest BCUT2D eigenvalue weighted by Crippen LogP contribution is -2.46. The molecule has 6 heteroatoms. The first-order valence-corrected chi connectivity index (χ1v) is 10.1. The molecule has 144 valence electrons. The van der Waals surface area contributed by atoms with Crippen LogP contribution in [0, 0.1) is 5.92 Å². The van der Waals surface area contributed by atoms with Crippen LogP contribution in [0.15, 0.2) is 36.9 Å². The number of hydrogen-bond acceptors (Lipinski definition) is 4. The smallest absolute Gasteiger partial charge is 0.226 e. The van der Waals surface area contributed by atoms with Crippen LogP contribution >= 0.6 is 0 Å². The Labute approximate surface area is 161 Å². The fraction of sp³-hybridized carbons (Fsp3) is 0.571. The van der Waals surface area contributed by atoms with E-state index in [-0.39, 0.29) is 5.92 Å². The van der Waals surface area contributed by atoms with E-state index in [2.05, 4.69) is 43.6 Å². The minimum atomic E-state index is 0.188. The van der Waals surface area contributed by atoms with E-state index in [1.165, 1.54) is 5.56 Å². The lowest BCUT2D eigenvalue weighted by Gasteiger charge is -2.36. The van der Waals surface area contributed by atoms with Gasteiger partial charge in [0.05, 0.1) is 12.5 Å². The van der Waals surface area contributed by atoms with Crippen molar-refractivity contribution in [3.05, 3.63) is 48.3 Å². The van der Waals surface area contributed by atoms with E-state index in [0.29, 0.717) is 11.8 Å². The van der Waals surface area contributed by atoms with Crippen LogP contribution in [0.3, 0.4) is 0 Å². The normalized spacial score (nSPS) is 22.1. The zero-order valence-electron chi connectivity index (χ0n) is 16.1. The van der Waals surface area contributed by atoms with E-state index in [4.69, 9.17) is 0 Å². The third kappa shape index (κ3) is 4.21. The Morgan fingerprint density at radius 2 is 2.04 bits per heavy atom. The van der Waals surface area contributed by atoms with Gasteiger partial charge in [0.25, 0.3) is 0 Å². The number of imidazole rings is 1. The molecule has 27 heavy (non-hydrogen) atoms. The summed E-state index contributed by atoms with van der Waals surface area (Å²) in [5.41, 5.74) is 1.19. The van der Waals surface area contributed by atoms with Gasteiger partial charge in [-0.2, -0.15) is 0 Å². The molecule has 0 saturated carbocycles. The molecule has 1 amide bonds. The number of nitrogens with zero attached hydrogens (tertiary/aromatic N) is 5. The number of carbonyl (C=O) groups excluding carboxylic acids is 1. The largest absolute Gasteiger partial charge is 0.342 e. The zero-order chi connectivity index (χ0) is 18.6. The van der Waals surface area contributed by atoms with Crippen LogP contribution in [0.1, 0.15) is 43.0 Å². The maximum atomic E-state index is 12.9. The summed E-state index contributed by atoms with van der Waals surface area (Å²) in [5.74, 6) is 2.12. The average molecular weight is 367 g/mol. The molecule has 0 bridgehead atoms. The average Bonchev–Trinajstić information content (AvgIpc) is 3.16. The highest BCUT2D eigenvalue weighted by atomic mass is 16.2. The van der Waals surface area contributed by atoms with Crippen LogP contribution in [0.2, 0.25) is 0 Å². The molecule has 0 N–H and O–H groups in total. The third-order valence-electron chi connectivity index (χ3n) is 5.97. The van der Waals surface area contributed by atoms with Crippen molar-refractivity contribution in [2.24, 2.45) is 5.92 Å². The van der Waals surface area contributed by atoms with Crippen LogP contribution in [-0.2, 0) is 11.3 Å². The lowest BCUT2D eigenvalue weighted by molar-refractivity contribution is -0.138. The summed E-state index contributed by atoms with van der Waals surface area (Å²) >= 11 is 0. The third-order valence-corrected chi connectivity index (χ3v) is 5.97. The first-order chi connectivity index (χ1) is 13.2. The molecule has 4 heterocycles. The van der Waals surface area contributed by atoms with Crippen LogP contribution in [0.25, 0.3) is 0 Å². The Hall–Kier alpha value is -2.21. The Bertz CT molecular complexity index is 751. The molecular formula is C21H29N5O. The van der Waals surface area contributed by atoms with Gasteiger partial charge >= 0.3 is 0 Å². The number of pyridine rings is 1. The van der Waals surface area contributed by atoms with E-state index in [0.717, 1.165) is 64.2 Å². The van der Waals surface area contributed by atoms with E-state index in [1.807, 2.05) is 18.5 Å². The molecule has 2 aromatic heterocycles. The Balaban J connectivity index is 1.36. The predicted octanol–water partition coefficient (Wildman–Crippen LogP) is 2.37. The highest BCUT2D eigenvalue weighted by Crippen LogP contribution is 2.29. The minimum Gasteiger partial charge on any atom is -0.342 e. The van der Waals surface area contributed by atoms with Gasteiger partial charge in [0.1, 0.15) is 5.82 Å². The van der Waals surface area contributed by atoms with Crippen molar-refractivity contribution in [1.82, 2.24) is 24.3 Å². The maximum Gasteiger partial charge on any atom is 0.226 e.